The SMILES string of the molecule is CNCC1CCCN1C(=O)CCn1cnc2ccccc21.Cl.Cl. The van der Waals surface area contributed by atoms with E-state index in [0.29, 0.717) is 19.0 Å². The minimum atomic E-state index is 0. The van der Waals surface area contributed by atoms with Gasteiger partial charge in [0.1, 0.15) is 0 Å². The number of nitrogens with one attached hydrogen (secondary N) is 1. The van der Waals surface area contributed by atoms with Crippen LogP contribution in [0.1, 0.15) is 19.3 Å². The lowest BCUT2D eigenvalue weighted by Gasteiger charge is -2.24. The van der Waals surface area contributed by atoms with Crippen molar-refractivity contribution in [2.45, 2.75) is 31.8 Å². The molecule has 0 saturated carbocycles. The fourth-order valence-corrected chi connectivity index (χ4v) is 3.16. The van der Waals surface area contributed by atoms with Gasteiger partial charge in [0, 0.05) is 32.1 Å². The highest BCUT2D eigenvalue weighted by Gasteiger charge is 2.27. The number of halogens is 2. The highest BCUT2D eigenvalue weighted by Crippen LogP contribution is 2.18. The molecule has 1 aromatic heterocycles. The number of likely N-dealkylation sites (tertiary alicyclic amines) is 1. The smallest absolute Gasteiger partial charge is 0.224 e. The number of amides is 1. The molecule has 1 amide bonds. The zero-order chi connectivity index (χ0) is 14.7. The van der Waals surface area contributed by atoms with Gasteiger partial charge in [-0.3, -0.25) is 4.79 Å². The summed E-state index contributed by atoms with van der Waals surface area (Å²) in [5.41, 5.74) is 2.08. The molecule has 1 aliphatic heterocycles. The summed E-state index contributed by atoms with van der Waals surface area (Å²) in [7, 11) is 1.94. The Kier molecular flexibility index (Phi) is 7.82. The van der Waals surface area contributed by atoms with Crippen molar-refractivity contribution in [1.82, 2.24) is 19.8 Å². The first-order chi connectivity index (χ1) is 10.3. The van der Waals surface area contributed by atoms with Crippen molar-refractivity contribution < 1.29 is 4.79 Å². The lowest BCUT2D eigenvalue weighted by molar-refractivity contribution is -0.132. The van der Waals surface area contributed by atoms with Gasteiger partial charge in [0.15, 0.2) is 0 Å². The molecule has 1 saturated heterocycles. The van der Waals surface area contributed by atoms with E-state index in [1.807, 2.05) is 42.5 Å². The number of aromatic nitrogens is 2. The van der Waals surface area contributed by atoms with E-state index in [1.54, 1.807) is 0 Å². The summed E-state index contributed by atoms with van der Waals surface area (Å²) in [5.74, 6) is 0.255. The number of imidazole rings is 1. The first-order valence-corrected chi connectivity index (χ1v) is 7.63. The molecule has 2 aromatic rings. The summed E-state index contributed by atoms with van der Waals surface area (Å²) in [6, 6.07) is 8.40. The van der Waals surface area contributed by atoms with Gasteiger partial charge in [0.25, 0.3) is 0 Å². The molecule has 1 aliphatic rings. The molecule has 23 heavy (non-hydrogen) atoms. The predicted molar refractivity (Wildman–Crippen MR) is 97.5 cm³/mol. The van der Waals surface area contributed by atoms with Crippen LogP contribution >= 0.6 is 24.8 Å². The zero-order valence-electron chi connectivity index (χ0n) is 13.3. The van der Waals surface area contributed by atoms with E-state index in [9.17, 15) is 4.79 Å². The van der Waals surface area contributed by atoms with Crippen LogP contribution in [0.4, 0.5) is 0 Å². The molecule has 0 bridgehead atoms. The van der Waals surface area contributed by atoms with Gasteiger partial charge < -0.3 is 14.8 Å². The molecule has 1 atom stereocenters. The summed E-state index contributed by atoms with van der Waals surface area (Å²) in [4.78, 5) is 18.8. The van der Waals surface area contributed by atoms with Gasteiger partial charge in [-0.05, 0) is 32.0 Å². The predicted octanol–water partition coefficient (Wildman–Crippen LogP) is 2.48. The normalized spacial score (nSPS) is 16.9. The standard InChI is InChI=1S/C16H22N4O.2ClH/c1-17-11-13-5-4-9-20(13)16(21)8-10-19-12-18-14-6-2-3-7-15(14)19;;/h2-3,6-7,12-13,17H,4-5,8-11H2,1H3;2*1H. The van der Waals surface area contributed by atoms with Gasteiger partial charge in [0.2, 0.25) is 5.91 Å². The quantitative estimate of drug-likeness (QED) is 0.892. The molecule has 1 unspecified atom stereocenters. The van der Waals surface area contributed by atoms with E-state index in [1.165, 1.54) is 0 Å². The number of hydrogen-bond donors (Lipinski definition) is 1. The minimum Gasteiger partial charge on any atom is -0.338 e. The number of carbonyl (C=O) groups excluding carboxylic acids is 1. The largest absolute Gasteiger partial charge is 0.338 e. The summed E-state index contributed by atoms with van der Waals surface area (Å²) in [5, 5.41) is 3.18. The molecule has 0 spiro atoms. The van der Waals surface area contributed by atoms with Crippen molar-refractivity contribution in [3.05, 3.63) is 30.6 Å². The fraction of sp³-hybridized carbons (Fsp3) is 0.500. The highest BCUT2D eigenvalue weighted by molar-refractivity contribution is 5.85. The van der Waals surface area contributed by atoms with E-state index in [0.717, 1.165) is 37.0 Å². The molecule has 3 rings (SSSR count). The summed E-state index contributed by atoms with van der Waals surface area (Å²) in [6.07, 6.45) is 4.60. The van der Waals surface area contributed by atoms with E-state index in [4.69, 9.17) is 0 Å². The monoisotopic (exact) mass is 358 g/mol. The minimum absolute atomic E-state index is 0. The second-order valence-electron chi connectivity index (χ2n) is 5.62. The van der Waals surface area contributed by atoms with Gasteiger partial charge in [-0.15, -0.1) is 24.8 Å². The van der Waals surface area contributed by atoms with Crippen molar-refractivity contribution in [2.24, 2.45) is 0 Å². The van der Waals surface area contributed by atoms with Gasteiger partial charge in [-0.2, -0.15) is 0 Å². The number of fused-ring (bicyclic) bond motifs is 1. The van der Waals surface area contributed by atoms with Crippen molar-refractivity contribution in [3.63, 3.8) is 0 Å². The van der Waals surface area contributed by atoms with Crippen LogP contribution in [-0.4, -0.2) is 46.5 Å². The molecular formula is C16H24Cl2N4O. The van der Waals surface area contributed by atoms with E-state index in [-0.39, 0.29) is 30.7 Å². The fourth-order valence-electron chi connectivity index (χ4n) is 3.16. The van der Waals surface area contributed by atoms with E-state index < -0.39 is 0 Å². The van der Waals surface area contributed by atoms with Crippen molar-refractivity contribution in [2.75, 3.05) is 20.1 Å². The van der Waals surface area contributed by atoms with Crippen molar-refractivity contribution in [1.29, 1.82) is 0 Å². The average Bonchev–Trinajstić information content (AvgIpc) is 3.12. The average molecular weight is 359 g/mol. The zero-order valence-corrected chi connectivity index (χ0v) is 14.9. The topological polar surface area (TPSA) is 50.2 Å². The van der Waals surface area contributed by atoms with E-state index in [2.05, 4.69) is 14.9 Å². The third kappa shape index (κ3) is 4.37. The lowest BCUT2D eigenvalue weighted by Crippen LogP contribution is -2.41. The molecule has 128 valence electrons. The Bertz CT molecular complexity index is 631. The van der Waals surface area contributed by atoms with Crippen LogP contribution in [0.3, 0.4) is 0 Å². The van der Waals surface area contributed by atoms with Gasteiger partial charge in [-0.1, -0.05) is 12.1 Å². The summed E-state index contributed by atoms with van der Waals surface area (Å²) in [6.45, 7) is 2.48. The van der Waals surface area contributed by atoms with Crippen molar-refractivity contribution in [3.8, 4) is 0 Å². The number of carbonyl (C=O) groups is 1. The number of hydrogen-bond acceptors (Lipinski definition) is 3. The van der Waals surface area contributed by atoms with Crippen LogP contribution < -0.4 is 5.32 Å². The Morgan fingerprint density at radius 2 is 2.13 bits per heavy atom. The molecule has 5 nitrogen and oxygen atoms in total. The molecule has 1 aromatic carbocycles. The number of para-hydroxylation sites is 2. The Balaban J connectivity index is 0.00000132. The van der Waals surface area contributed by atoms with Crippen LogP contribution in [0.5, 0.6) is 0 Å². The molecule has 0 aliphatic carbocycles. The molecule has 0 radical (unpaired) electrons. The second kappa shape index (κ2) is 9.11. The molecule has 1 N–H and O–H groups in total. The first kappa shape index (κ1) is 19.7. The Hall–Kier alpha value is -1.30. The second-order valence-corrected chi connectivity index (χ2v) is 5.62. The highest BCUT2D eigenvalue weighted by atomic mass is 35.5. The number of nitrogens with zero attached hydrogens (tertiary/aromatic N) is 3. The number of likely N-dealkylation sites (N-methyl/N-ethyl adjacent to an activating group) is 1. The third-order valence-electron chi connectivity index (χ3n) is 4.23. The summed E-state index contributed by atoms with van der Waals surface area (Å²) < 4.78 is 2.07. The van der Waals surface area contributed by atoms with Crippen LogP contribution in [-0.2, 0) is 11.3 Å². The maximum atomic E-state index is 12.4. The number of aryl methyl sites for hydroxylation is 1. The van der Waals surface area contributed by atoms with Crippen LogP contribution in [0.2, 0.25) is 0 Å². The first-order valence-electron chi connectivity index (χ1n) is 7.63. The van der Waals surface area contributed by atoms with Gasteiger partial charge >= 0.3 is 0 Å². The van der Waals surface area contributed by atoms with E-state index >= 15 is 0 Å². The van der Waals surface area contributed by atoms with Crippen molar-refractivity contribution >= 4 is 41.8 Å². The molecule has 7 heteroatoms. The summed E-state index contributed by atoms with van der Waals surface area (Å²) >= 11 is 0. The van der Waals surface area contributed by atoms with Crippen LogP contribution in [0.25, 0.3) is 11.0 Å². The maximum absolute atomic E-state index is 12.4. The number of benzene rings is 1. The van der Waals surface area contributed by atoms with Crippen LogP contribution in [0.15, 0.2) is 30.6 Å². The molecular weight excluding hydrogens is 335 g/mol. The lowest BCUT2D eigenvalue weighted by atomic mass is 10.2. The van der Waals surface area contributed by atoms with Gasteiger partial charge in [-0.25, -0.2) is 4.98 Å². The molecule has 2 heterocycles. The Morgan fingerprint density at radius 1 is 1.35 bits per heavy atom. The van der Waals surface area contributed by atoms with Crippen LogP contribution in [0, 0.1) is 0 Å². The Morgan fingerprint density at radius 3 is 2.91 bits per heavy atom. The number of rotatable bonds is 5. The Labute approximate surface area is 149 Å². The van der Waals surface area contributed by atoms with Gasteiger partial charge in [0.05, 0.1) is 17.4 Å². The third-order valence-corrected chi connectivity index (χ3v) is 4.23. The maximum Gasteiger partial charge on any atom is 0.224 e. The molecule has 1 fully saturated rings.